The standard InChI is InChI=1S/C21H30F2N2O2/c22-17-1-2-20(23)16(11-17)13-24-7-5-21(6-8-24)12-19(26)14-25(15-21)18-3-9-27-10-4-18/h1-2,11,18-19,26H,3-10,12-15H2. The fourth-order valence-electron chi connectivity index (χ4n) is 5.18. The number of piperidine rings is 2. The highest BCUT2D eigenvalue weighted by Gasteiger charge is 2.43. The van der Waals surface area contributed by atoms with Crippen LogP contribution in [0.1, 0.15) is 37.7 Å². The Balaban J connectivity index is 1.37. The molecule has 1 N–H and O–H groups in total. The summed E-state index contributed by atoms with van der Waals surface area (Å²) in [5.74, 6) is -0.724. The Labute approximate surface area is 160 Å². The first-order valence-corrected chi connectivity index (χ1v) is 10.2. The van der Waals surface area contributed by atoms with Gasteiger partial charge in [-0.3, -0.25) is 9.80 Å². The van der Waals surface area contributed by atoms with Gasteiger partial charge in [0.1, 0.15) is 11.6 Å². The lowest BCUT2D eigenvalue weighted by Gasteiger charge is -2.51. The molecule has 0 radical (unpaired) electrons. The second-order valence-corrected chi connectivity index (χ2v) is 8.64. The first kappa shape index (κ1) is 19.2. The molecular weight excluding hydrogens is 350 g/mol. The molecule has 3 aliphatic rings. The number of ether oxygens (including phenoxy) is 1. The summed E-state index contributed by atoms with van der Waals surface area (Å²) in [7, 11) is 0. The van der Waals surface area contributed by atoms with Crippen molar-refractivity contribution in [2.45, 2.75) is 50.8 Å². The second kappa shape index (κ2) is 8.11. The zero-order chi connectivity index (χ0) is 18.9. The van der Waals surface area contributed by atoms with Crippen LogP contribution in [0.5, 0.6) is 0 Å². The molecule has 1 spiro atoms. The number of aliphatic hydroxyl groups is 1. The molecule has 0 bridgehead atoms. The predicted molar refractivity (Wildman–Crippen MR) is 99.3 cm³/mol. The molecule has 3 fully saturated rings. The summed E-state index contributed by atoms with van der Waals surface area (Å²) in [5.41, 5.74) is 0.575. The molecule has 1 unspecified atom stereocenters. The van der Waals surface area contributed by atoms with Gasteiger partial charge in [0.05, 0.1) is 6.10 Å². The summed E-state index contributed by atoms with van der Waals surface area (Å²) in [4.78, 5) is 4.70. The van der Waals surface area contributed by atoms with E-state index in [1.54, 1.807) is 0 Å². The van der Waals surface area contributed by atoms with E-state index >= 15 is 0 Å². The maximum Gasteiger partial charge on any atom is 0.127 e. The van der Waals surface area contributed by atoms with Crippen LogP contribution in [0.2, 0.25) is 0 Å². The number of hydrogen-bond acceptors (Lipinski definition) is 4. The minimum Gasteiger partial charge on any atom is -0.392 e. The zero-order valence-corrected chi connectivity index (χ0v) is 15.9. The summed E-state index contributed by atoms with van der Waals surface area (Å²) < 4.78 is 32.9. The lowest BCUT2D eigenvalue weighted by molar-refractivity contribution is -0.0726. The fourth-order valence-corrected chi connectivity index (χ4v) is 5.18. The highest BCUT2D eigenvalue weighted by Crippen LogP contribution is 2.41. The van der Waals surface area contributed by atoms with Crippen LogP contribution >= 0.6 is 0 Å². The first-order valence-electron chi connectivity index (χ1n) is 10.2. The quantitative estimate of drug-likeness (QED) is 0.875. The Morgan fingerprint density at radius 2 is 1.89 bits per heavy atom. The lowest BCUT2D eigenvalue weighted by Crippen LogP contribution is -2.57. The van der Waals surface area contributed by atoms with Gasteiger partial charge in [0, 0.05) is 44.5 Å². The normalized spacial score (nSPS) is 27.9. The largest absolute Gasteiger partial charge is 0.392 e. The van der Waals surface area contributed by atoms with E-state index in [4.69, 9.17) is 4.74 Å². The summed E-state index contributed by atoms with van der Waals surface area (Å²) in [6.45, 7) is 5.62. The maximum atomic E-state index is 13.9. The number of nitrogens with zero attached hydrogens (tertiary/aromatic N) is 2. The first-order chi connectivity index (χ1) is 13.0. The molecule has 4 nitrogen and oxygen atoms in total. The molecule has 0 saturated carbocycles. The minimum absolute atomic E-state index is 0.146. The SMILES string of the molecule is OC1CN(C2CCOCC2)CC2(CCN(Cc3cc(F)ccc3F)CC2)C1. The molecule has 0 aromatic heterocycles. The number of likely N-dealkylation sites (tertiary alicyclic amines) is 2. The molecule has 0 amide bonds. The van der Waals surface area contributed by atoms with Gasteiger partial charge in [0.2, 0.25) is 0 Å². The van der Waals surface area contributed by atoms with E-state index in [2.05, 4.69) is 9.80 Å². The molecule has 1 aromatic rings. The Morgan fingerprint density at radius 3 is 2.63 bits per heavy atom. The van der Waals surface area contributed by atoms with Crippen LogP contribution in [-0.2, 0) is 11.3 Å². The second-order valence-electron chi connectivity index (χ2n) is 8.64. The van der Waals surface area contributed by atoms with E-state index in [1.165, 1.54) is 18.2 Å². The Kier molecular flexibility index (Phi) is 5.78. The van der Waals surface area contributed by atoms with Gasteiger partial charge in [-0.1, -0.05) is 0 Å². The van der Waals surface area contributed by atoms with Crippen molar-refractivity contribution in [3.8, 4) is 0 Å². The smallest absolute Gasteiger partial charge is 0.127 e. The number of hydrogen-bond donors (Lipinski definition) is 1. The molecule has 1 aromatic carbocycles. The molecular formula is C21H30F2N2O2. The van der Waals surface area contributed by atoms with Crippen molar-refractivity contribution < 1.29 is 18.6 Å². The molecule has 27 heavy (non-hydrogen) atoms. The highest BCUT2D eigenvalue weighted by molar-refractivity contribution is 5.18. The van der Waals surface area contributed by atoms with Crippen molar-refractivity contribution in [1.29, 1.82) is 0 Å². The summed E-state index contributed by atoms with van der Waals surface area (Å²) >= 11 is 0. The summed E-state index contributed by atoms with van der Waals surface area (Å²) in [6.07, 6.45) is 4.69. The van der Waals surface area contributed by atoms with Crippen LogP contribution in [0.25, 0.3) is 0 Å². The van der Waals surface area contributed by atoms with E-state index in [-0.39, 0.29) is 23.2 Å². The van der Waals surface area contributed by atoms with Gasteiger partial charge in [-0.15, -0.1) is 0 Å². The van der Waals surface area contributed by atoms with Crippen molar-refractivity contribution in [3.63, 3.8) is 0 Å². The average Bonchev–Trinajstić information content (AvgIpc) is 2.67. The van der Waals surface area contributed by atoms with Crippen molar-refractivity contribution in [2.75, 3.05) is 39.4 Å². The zero-order valence-electron chi connectivity index (χ0n) is 15.9. The van der Waals surface area contributed by atoms with Gasteiger partial charge < -0.3 is 9.84 Å². The van der Waals surface area contributed by atoms with Gasteiger partial charge in [0.15, 0.2) is 0 Å². The van der Waals surface area contributed by atoms with E-state index in [1.807, 2.05) is 0 Å². The third-order valence-electron chi connectivity index (χ3n) is 6.68. The maximum absolute atomic E-state index is 13.9. The van der Waals surface area contributed by atoms with Crippen molar-refractivity contribution in [3.05, 3.63) is 35.4 Å². The Hall–Kier alpha value is -1.08. The molecule has 150 valence electrons. The number of rotatable bonds is 3. The average molecular weight is 380 g/mol. The predicted octanol–water partition coefficient (Wildman–Crippen LogP) is 2.79. The van der Waals surface area contributed by atoms with Gasteiger partial charge in [-0.2, -0.15) is 0 Å². The van der Waals surface area contributed by atoms with E-state index < -0.39 is 0 Å². The van der Waals surface area contributed by atoms with E-state index in [0.717, 1.165) is 71.5 Å². The number of benzene rings is 1. The molecule has 4 rings (SSSR count). The van der Waals surface area contributed by atoms with Crippen LogP contribution in [0.4, 0.5) is 8.78 Å². The number of aliphatic hydroxyl groups excluding tert-OH is 1. The molecule has 3 aliphatic heterocycles. The number of β-amino-alcohol motifs (C(OH)–C–C–N with tert-alkyl or cyclic N) is 1. The summed E-state index contributed by atoms with van der Waals surface area (Å²) in [6, 6.07) is 4.19. The van der Waals surface area contributed by atoms with E-state index in [0.29, 0.717) is 18.2 Å². The van der Waals surface area contributed by atoms with Crippen molar-refractivity contribution in [2.24, 2.45) is 5.41 Å². The topological polar surface area (TPSA) is 35.9 Å². The third kappa shape index (κ3) is 4.50. The number of halogens is 2. The van der Waals surface area contributed by atoms with Gasteiger partial charge in [-0.05, 0) is 68.8 Å². The van der Waals surface area contributed by atoms with Gasteiger partial charge in [-0.25, -0.2) is 8.78 Å². The van der Waals surface area contributed by atoms with Crippen LogP contribution in [0.3, 0.4) is 0 Å². The molecule has 0 aliphatic carbocycles. The van der Waals surface area contributed by atoms with Crippen LogP contribution in [0, 0.1) is 17.0 Å². The Bertz CT molecular complexity index is 643. The fraction of sp³-hybridized carbons (Fsp3) is 0.714. The van der Waals surface area contributed by atoms with Crippen molar-refractivity contribution in [1.82, 2.24) is 9.80 Å². The van der Waals surface area contributed by atoms with E-state index in [9.17, 15) is 13.9 Å². The summed E-state index contributed by atoms with van der Waals surface area (Å²) in [5, 5.41) is 10.5. The van der Waals surface area contributed by atoms with Gasteiger partial charge >= 0.3 is 0 Å². The van der Waals surface area contributed by atoms with Crippen LogP contribution < -0.4 is 0 Å². The molecule has 3 heterocycles. The van der Waals surface area contributed by atoms with Crippen LogP contribution in [0.15, 0.2) is 18.2 Å². The van der Waals surface area contributed by atoms with Crippen molar-refractivity contribution >= 4 is 0 Å². The molecule has 3 saturated heterocycles. The monoisotopic (exact) mass is 380 g/mol. The minimum atomic E-state index is -0.387. The highest BCUT2D eigenvalue weighted by atomic mass is 19.1. The third-order valence-corrected chi connectivity index (χ3v) is 6.68. The lowest BCUT2D eigenvalue weighted by atomic mass is 9.71. The van der Waals surface area contributed by atoms with Gasteiger partial charge in [0.25, 0.3) is 0 Å². The molecule has 1 atom stereocenters. The van der Waals surface area contributed by atoms with Crippen LogP contribution in [-0.4, -0.2) is 66.4 Å². The molecule has 6 heteroatoms. The Morgan fingerprint density at radius 1 is 1.15 bits per heavy atom.